The van der Waals surface area contributed by atoms with E-state index in [9.17, 15) is 9.59 Å². The molecule has 0 radical (unpaired) electrons. The summed E-state index contributed by atoms with van der Waals surface area (Å²) in [4.78, 5) is 23.2. The maximum absolute atomic E-state index is 12.3. The van der Waals surface area contributed by atoms with Crippen LogP contribution in [0.25, 0.3) is 22.0 Å². The molecule has 170 valence electrons. The van der Waals surface area contributed by atoms with E-state index in [-0.39, 0.29) is 18.2 Å². The van der Waals surface area contributed by atoms with Crippen molar-refractivity contribution in [3.63, 3.8) is 0 Å². The van der Waals surface area contributed by atoms with Gasteiger partial charge < -0.3 is 14.8 Å². The van der Waals surface area contributed by atoms with Crippen LogP contribution in [0, 0.1) is 0 Å². The molecule has 0 bridgehead atoms. The molecule has 3 aromatic rings. The lowest BCUT2D eigenvalue weighted by molar-refractivity contribution is -0.129. The number of nitrogens with zero attached hydrogens (tertiary/aromatic N) is 1. The van der Waals surface area contributed by atoms with E-state index in [0.29, 0.717) is 30.2 Å². The number of hydrogen-bond donors (Lipinski definition) is 4. The fourth-order valence-corrected chi connectivity index (χ4v) is 3.49. The Bertz CT molecular complexity index is 1080. The van der Waals surface area contributed by atoms with Crippen LogP contribution in [0.5, 0.6) is 11.5 Å². The van der Waals surface area contributed by atoms with E-state index < -0.39 is 0 Å². The van der Waals surface area contributed by atoms with Crippen molar-refractivity contribution < 1.29 is 24.3 Å². The molecule has 32 heavy (non-hydrogen) atoms. The average molecular weight is 441 g/mol. The third-order valence-corrected chi connectivity index (χ3v) is 5.22. The van der Waals surface area contributed by atoms with Crippen LogP contribution in [0.3, 0.4) is 0 Å². The first-order valence-electron chi connectivity index (χ1n) is 10.5. The molecule has 0 atom stereocenters. The normalized spacial score (nSPS) is 10.7. The predicted molar refractivity (Wildman–Crippen MR) is 121 cm³/mol. The molecule has 0 fully saturated rings. The van der Waals surface area contributed by atoms with Crippen LogP contribution in [0.2, 0.25) is 0 Å². The Morgan fingerprint density at radius 1 is 0.906 bits per heavy atom. The molecule has 3 rings (SSSR count). The van der Waals surface area contributed by atoms with Gasteiger partial charge in [-0.15, -0.1) is 0 Å². The summed E-state index contributed by atoms with van der Waals surface area (Å²) in [6.07, 6.45) is 3.73. The number of hydroxylamine groups is 1. The molecule has 9 nitrogen and oxygen atoms in total. The van der Waals surface area contributed by atoms with E-state index in [1.165, 1.54) is 0 Å². The number of nitrogens with one attached hydrogen (secondary N) is 3. The number of amides is 2. The molecular formula is C23H28N4O5. The Kier molecular flexibility index (Phi) is 8.04. The molecule has 0 saturated heterocycles. The van der Waals surface area contributed by atoms with Crippen molar-refractivity contribution in [3.05, 3.63) is 36.4 Å². The largest absolute Gasteiger partial charge is 0.493 e. The Labute approximate surface area is 186 Å². The quantitative estimate of drug-likeness (QED) is 0.203. The zero-order valence-corrected chi connectivity index (χ0v) is 18.2. The minimum atomic E-state index is -0.387. The van der Waals surface area contributed by atoms with E-state index in [4.69, 9.17) is 14.7 Å². The first kappa shape index (κ1) is 23.1. The van der Waals surface area contributed by atoms with Crippen LogP contribution >= 0.6 is 0 Å². The van der Waals surface area contributed by atoms with Gasteiger partial charge >= 0.3 is 0 Å². The van der Waals surface area contributed by atoms with Gasteiger partial charge in [0, 0.05) is 18.2 Å². The minimum Gasteiger partial charge on any atom is -0.493 e. The minimum absolute atomic E-state index is 0.101. The van der Waals surface area contributed by atoms with Gasteiger partial charge in [0.25, 0.3) is 0 Å². The van der Waals surface area contributed by atoms with Gasteiger partial charge in [-0.2, -0.15) is 5.10 Å². The monoisotopic (exact) mass is 440 g/mol. The highest BCUT2D eigenvalue weighted by Gasteiger charge is 2.12. The number of fused-ring (bicyclic) bond motifs is 1. The first-order chi connectivity index (χ1) is 15.5. The molecule has 2 amide bonds. The summed E-state index contributed by atoms with van der Waals surface area (Å²) in [6, 6.07) is 11.6. The van der Waals surface area contributed by atoms with E-state index in [1.807, 2.05) is 36.4 Å². The number of aromatic nitrogens is 2. The summed E-state index contributed by atoms with van der Waals surface area (Å²) in [5, 5.41) is 19.4. The SMILES string of the molecule is COc1ccc(-c2ccc3c(NC(=O)CCCCCCC(=O)NO)n[nH]c3c2)cc1OC. The molecule has 1 aromatic heterocycles. The van der Waals surface area contributed by atoms with Crippen LogP contribution in [-0.2, 0) is 9.59 Å². The van der Waals surface area contributed by atoms with E-state index in [2.05, 4.69) is 15.5 Å². The van der Waals surface area contributed by atoms with Crippen molar-refractivity contribution in [1.82, 2.24) is 15.7 Å². The van der Waals surface area contributed by atoms with Gasteiger partial charge in [0.1, 0.15) is 0 Å². The predicted octanol–water partition coefficient (Wildman–Crippen LogP) is 4.03. The fraction of sp³-hybridized carbons (Fsp3) is 0.348. The molecule has 0 unspecified atom stereocenters. The van der Waals surface area contributed by atoms with Crippen molar-refractivity contribution in [2.75, 3.05) is 19.5 Å². The number of hydrogen-bond acceptors (Lipinski definition) is 6. The first-order valence-corrected chi connectivity index (χ1v) is 10.5. The highest BCUT2D eigenvalue weighted by atomic mass is 16.5. The summed E-state index contributed by atoms with van der Waals surface area (Å²) in [5.41, 5.74) is 4.38. The van der Waals surface area contributed by atoms with Crippen molar-refractivity contribution in [2.24, 2.45) is 0 Å². The number of rotatable bonds is 11. The van der Waals surface area contributed by atoms with E-state index in [1.54, 1.807) is 19.7 Å². The number of H-pyrrole nitrogens is 1. The smallest absolute Gasteiger partial charge is 0.243 e. The molecule has 0 aliphatic rings. The number of ether oxygens (including phenoxy) is 2. The summed E-state index contributed by atoms with van der Waals surface area (Å²) >= 11 is 0. The third-order valence-electron chi connectivity index (χ3n) is 5.22. The number of anilines is 1. The summed E-state index contributed by atoms with van der Waals surface area (Å²) in [6.45, 7) is 0. The lowest BCUT2D eigenvalue weighted by Gasteiger charge is -2.10. The second-order valence-electron chi connectivity index (χ2n) is 7.40. The van der Waals surface area contributed by atoms with E-state index >= 15 is 0 Å². The van der Waals surface area contributed by atoms with Crippen LogP contribution in [0.1, 0.15) is 38.5 Å². The molecule has 4 N–H and O–H groups in total. The summed E-state index contributed by atoms with van der Waals surface area (Å²) < 4.78 is 10.7. The van der Waals surface area contributed by atoms with Gasteiger partial charge in [-0.25, -0.2) is 5.48 Å². The number of benzene rings is 2. The highest BCUT2D eigenvalue weighted by Crippen LogP contribution is 2.34. The lowest BCUT2D eigenvalue weighted by atomic mass is 10.0. The van der Waals surface area contributed by atoms with Crippen molar-refractivity contribution in [3.8, 4) is 22.6 Å². The molecular weight excluding hydrogens is 412 g/mol. The molecule has 0 spiro atoms. The number of carbonyl (C=O) groups is 2. The number of methoxy groups -OCH3 is 2. The second kappa shape index (κ2) is 11.1. The Morgan fingerprint density at radius 3 is 2.25 bits per heavy atom. The average Bonchev–Trinajstić information content (AvgIpc) is 3.22. The number of carbonyl (C=O) groups excluding carboxylic acids is 2. The zero-order chi connectivity index (χ0) is 22.9. The lowest BCUT2D eigenvalue weighted by Crippen LogP contribution is -2.17. The van der Waals surface area contributed by atoms with Gasteiger partial charge in [-0.05, 0) is 48.2 Å². The van der Waals surface area contributed by atoms with Crippen LogP contribution in [-0.4, -0.2) is 41.4 Å². The summed E-state index contributed by atoms with van der Waals surface area (Å²) in [5.74, 6) is 1.33. The highest BCUT2D eigenvalue weighted by molar-refractivity contribution is 6.00. The molecule has 0 aliphatic carbocycles. The topological polar surface area (TPSA) is 126 Å². The van der Waals surface area contributed by atoms with Crippen molar-refractivity contribution in [1.29, 1.82) is 0 Å². The second-order valence-corrected chi connectivity index (χ2v) is 7.40. The van der Waals surface area contributed by atoms with Gasteiger partial charge in [-0.3, -0.25) is 19.9 Å². The third kappa shape index (κ3) is 5.76. The molecule has 0 saturated carbocycles. The fourth-order valence-electron chi connectivity index (χ4n) is 3.49. The Morgan fingerprint density at radius 2 is 1.56 bits per heavy atom. The number of unbranched alkanes of at least 4 members (excludes halogenated alkanes) is 3. The van der Waals surface area contributed by atoms with E-state index in [0.717, 1.165) is 41.3 Å². The standard InChI is InChI=1S/C23H28N4O5/c1-31-19-12-10-16(14-20(19)32-2)15-9-11-17-18(13-15)25-26-23(17)24-21(28)7-5-3-4-6-8-22(29)27-30/h9-14,30H,3-8H2,1-2H3,(H,27,29)(H2,24,25,26,28). The molecule has 1 heterocycles. The zero-order valence-electron chi connectivity index (χ0n) is 18.2. The van der Waals surface area contributed by atoms with Crippen LogP contribution in [0.4, 0.5) is 5.82 Å². The molecule has 2 aromatic carbocycles. The van der Waals surface area contributed by atoms with Crippen LogP contribution in [0.15, 0.2) is 36.4 Å². The number of aromatic amines is 1. The molecule has 9 heteroatoms. The Balaban J connectivity index is 1.58. The summed E-state index contributed by atoms with van der Waals surface area (Å²) in [7, 11) is 3.20. The maximum atomic E-state index is 12.3. The van der Waals surface area contributed by atoms with Crippen LogP contribution < -0.4 is 20.3 Å². The molecule has 0 aliphatic heterocycles. The van der Waals surface area contributed by atoms with Gasteiger partial charge in [0.15, 0.2) is 17.3 Å². The van der Waals surface area contributed by atoms with Gasteiger partial charge in [0.2, 0.25) is 11.8 Å². The van der Waals surface area contributed by atoms with Crippen molar-refractivity contribution in [2.45, 2.75) is 38.5 Å². The van der Waals surface area contributed by atoms with Gasteiger partial charge in [-0.1, -0.05) is 25.0 Å². The maximum Gasteiger partial charge on any atom is 0.243 e. The Hall–Kier alpha value is -3.59. The van der Waals surface area contributed by atoms with Gasteiger partial charge in [0.05, 0.1) is 19.7 Å². The van der Waals surface area contributed by atoms with Crippen molar-refractivity contribution >= 4 is 28.5 Å².